The topological polar surface area (TPSA) is 26.3 Å². The Kier molecular flexibility index (Phi) is 1.90. The maximum Gasteiger partial charge on any atom is 0.305 e. The maximum absolute atomic E-state index is 10.7. The highest BCUT2D eigenvalue weighted by atomic mass is 28.1. The molecule has 1 fully saturated rings. The van der Waals surface area contributed by atoms with Crippen LogP contribution in [0.25, 0.3) is 0 Å². The van der Waals surface area contributed by atoms with Crippen LogP contribution in [0.5, 0.6) is 0 Å². The van der Waals surface area contributed by atoms with Crippen molar-refractivity contribution in [3.63, 3.8) is 0 Å². The summed E-state index contributed by atoms with van der Waals surface area (Å²) in [5.74, 6) is -0.120. The Morgan fingerprint density at radius 2 is 2.33 bits per heavy atom. The highest BCUT2D eigenvalue weighted by molar-refractivity contribution is 6.22. The van der Waals surface area contributed by atoms with Crippen molar-refractivity contribution in [1.82, 2.24) is 0 Å². The average Bonchev–Trinajstić information content (AvgIpc) is 1.80. The van der Waals surface area contributed by atoms with E-state index >= 15 is 0 Å². The first-order valence-corrected chi connectivity index (χ1v) is 3.69. The molecule has 1 aliphatic heterocycles. The molecule has 0 aliphatic carbocycles. The Labute approximate surface area is 58.0 Å². The highest BCUT2D eigenvalue weighted by Crippen LogP contribution is 2.21. The summed E-state index contributed by atoms with van der Waals surface area (Å²) >= 11 is 0. The first-order valence-electron chi connectivity index (χ1n) is 3.12. The van der Waals surface area contributed by atoms with E-state index in [1.54, 1.807) is 0 Å². The van der Waals surface area contributed by atoms with Crippen molar-refractivity contribution < 1.29 is 9.53 Å². The minimum absolute atomic E-state index is 0.0683. The summed E-state index contributed by atoms with van der Waals surface area (Å²) in [6.45, 7) is 1.91. The third-order valence-electron chi connectivity index (χ3n) is 1.46. The van der Waals surface area contributed by atoms with Gasteiger partial charge in [-0.15, -0.1) is 0 Å². The number of cyclic esters (lactones) is 1. The van der Waals surface area contributed by atoms with E-state index in [1.807, 2.05) is 6.92 Å². The van der Waals surface area contributed by atoms with Crippen LogP contribution in [0.15, 0.2) is 0 Å². The molecule has 1 saturated heterocycles. The minimum Gasteiger partial charge on any atom is -0.463 e. The zero-order valence-electron chi connectivity index (χ0n) is 5.39. The van der Waals surface area contributed by atoms with Crippen LogP contribution in [-0.4, -0.2) is 22.3 Å². The second kappa shape index (κ2) is 2.52. The second-order valence-corrected chi connectivity index (χ2v) is 3.07. The van der Waals surface area contributed by atoms with E-state index < -0.39 is 0 Å². The quantitative estimate of drug-likeness (QED) is 0.366. The summed E-state index contributed by atoms with van der Waals surface area (Å²) in [7, 11) is 3.25. The molecule has 0 spiro atoms. The number of ether oxygens (including phenoxy) is 1. The highest BCUT2D eigenvalue weighted by Gasteiger charge is 2.23. The number of hydrogen-bond acceptors (Lipinski definition) is 2. The van der Waals surface area contributed by atoms with Crippen molar-refractivity contribution in [3.05, 3.63) is 0 Å². The van der Waals surface area contributed by atoms with Gasteiger partial charge in [0.1, 0.15) is 0 Å². The van der Waals surface area contributed by atoms with Gasteiger partial charge >= 0.3 is 5.97 Å². The fourth-order valence-corrected chi connectivity index (χ4v) is 1.09. The van der Waals surface area contributed by atoms with Crippen LogP contribution >= 0.6 is 0 Å². The summed E-state index contributed by atoms with van der Waals surface area (Å²) in [5, 5.41) is 0. The van der Waals surface area contributed by atoms with Gasteiger partial charge in [-0.05, 0) is 19.8 Å². The van der Waals surface area contributed by atoms with Crippen LogP contribution < -0.4 is 0 Å². The minimum atomic E-state index is -0.120. The molecule has 0 saturated carbocycles. The van der Waals surface area contributed by atoms with Gasteiger partial charge in [-0.25, -0.2) is 0 Å². The third kappa shape index (κ3) is 1.54. The van der Waals surface area contributed by atoms with E-state index in [0.717, 1.165) is 12.8 Å². The van der Waals surface area contributed by atoms with Gasteiger partial charge in [-0.3, -0.25) is 4.79 Å². The normalized spacial score (nSPS) is 36.0. The van der Waals surface area contributed by atoms with Gasteiger partial charge < -0.3 is 4.74 Å². The summed E-state index contributed by atoms with van der Waals surface area (Å²) in [4.78, 5) is 10.7. The predicted octanol–water partition coefficient (Wildman–Crippen LogP) is 0.669. The summed E-state index contributed by atoms with van der Waals surface area (Å²) in [5.41, 5.74) is -0.0683. The van der Waals surface area contributed by atoms with Crippen molar-refractivity contribution in [3.8, 4) is 0 Å². The smallest absolute Gasteiger partial charge is 0.305 e. The van der Waals surface area contributed by atoms with Crippen molar-refractivity contribution >= 4 is 16.2 Å². The molecule has 0 aromatic heterocycles. The molecule has 1 rings (SSSR count). The van der Waals surface area contributed by atoms with E-state index in [4.69, 9.17) is 4.74 Å². The lowest BCUT2D eigenvalue weighted by Crippen LogP contribution is -2.25. The molecule has 2 atom stereocenters. The van der Waals surface area contributed by atoms with Crippen LogP contribution in [0, 0.1) is 0 Å². The Hall–Kier alpha value is -0.313. The molecule has 3 radical (unpaired) electrons. The standard InChI is InChI=1S/C6H9O2Si/c1-4-2-3-5(9)6(7)8-4/h4-5H,2-3H2,1H3. The molecule has 0 N–H and O–H groups in total. The molecule has 49 valence electrons. The molecular weight excluding hydrogens is 132 g/mol. The Balaban J connectivity index is 2.44. The number of carbonyl (C=O) groups excluding carboxylic acids is 1. The number of rotatable bonds is 0. The number of hydrogen-bond donors (Lipinski definition) is 0. The Bertz CT molecular complexity index is 124. The van der Waals surface area contributed by atoms with Crippen molar-refractivity contribution in [2.24, 2.45) is 0 Å². The van der Waals surface area contributed by atoms with Crippen LogP contribution in [-0.2, 0) is 9.53 Å². The average molecular weight is 141 g/mol. The van der Waals surface area contributed by atoms with E-state index in [9.17, 15) is 4.79 Å². The van der Waals surface area contributed by atoms with E-state index in [0.29, 0.717) is 0 Å². The molecule has 1 heterocycles. The monoisotopic (exact) mass is 141 g/mol. The fraction of sp³-hybridized carbons (Fsp3) is 0.833. The molecule has 0 aromatic carbocycles. The molecule has 9 heavy (non-hydrogen) atoms. The summed E-state index contributed by atoms with van der Waals surface area (Å²) < 4.78 is 4.91. The van der Waals surface area contributed by atoms with Crippen LogP contribution in [0.4, 0.5) is 0 Å². The van der Waals surface area contributed by atoms with Gasteiger partial charge in [0.15, 0.2) is 0 Å². The van der Waals surface area contributed by atoms with E-state index in [1.165, 1.54) is 0 Å². The Morgan fingerprint density at radius 1 is 1.67 bits per heavy atom. The van der Waals surface area contributed by atoms with Gasteiger partial charge in [0.2, 0.25) is 0 Å². The molecule has 3 heteroatoms. The van der Waals surface area contributed by atoms with Gasteiger partial charge in [-0.1, -0.05) is 0 Å². The fourth-order valence-electron chi connectivity index (χ4n) is 0.859. The first-order chi connectivity index (χ1) is 4.20. The van der Waals surface area contributed by atoms with Crippen LogP contribution in [0.1, 0.15) is 19.8 Å². The molecule has 1 aliphatic rings. The molecule has 2 nitrogen and oxygen atoms in total. The predicted molar refractivity (Wildman–Crippen MR) is 34.3 cm³/mol. The van der Waals surface area contributed by atoms with Crippen molar-refractivity contribution in [2.75, 3.05) is 0 Å². The summed E-state index contributed by atoms with van der Waals surface area (Å²) in [6.07, 6.45) is 1.99. The van der Waals surface area contributed by atoms with E-state index in [-0.39, 0.29) is 17.6 Å². The lowest BCUT2D eigenvalue weighted by Gasteiger charge is -2.22. The van der Waals surface area contributed by atoms with Crippen LogP contribution in [0.3, 0.4) is 0 Å². The largest absolute Gasteiger partial charge is 0.463 e. The molecule has 2 unspecified atom stereocenters. The van der Waals surface area contributed by atoms with Gasteiger partial charge in [0.25, 0.3) is 0 Å². The number of esters is 1. The molecular formula is C6H9O2Si. The van der Waals surface area contributed by atoms with Gasteiger partial charge in [0, 0.05) is 15.8 Å². The first kappa shape index (κ1) is 6.80. The van der Waals surface area contributed by atoms with E-state index in [2.05, 4.69) is 10.2 Å². The van der Waals surface area contributed by atoms with Crippen molar-refractivity contribution in [2.45, 2.75) is 31.4 Å². The third-order valence-corrected chi connectivity index (χ3v) is 1.99. The van der Waals surface area contributed by atoms with Gasteiger partial charge in [0.05, 0.1) is 6.10 Å². The Morgan fingerprint density at radius 3 is 2.78 bits per heavy atom. The lowest BCUT2D eigenvalue weighted by molar-refractivity contribution is -0.152. The maximum atomic E-state index is 10.7. The second-order valence-electron chi connectivity index (χ2n) is 2.38. The van der Waals surface area contributed by atoms with Crippen LogP contribution in [0.2, 0.25) is 5.54 Å². The number of carbonyl (C=O) groups is 1. The zero-order valence-corrected chi connectivity index (χ0v) is 6.39. The van der Waals surface area contributed by atoms with Gasteiger partial charge in [-0.2, -0.15) is 0 Å². The molecule has 0 amide bonds. The molecule has 0 bridgehead atoms. The van der Waals surface area contributed by atoms with Crippen molar-refractivity contribution in [1.29, 1.82) is 0 Å². The zero-order chi connectivity index (χ0) is 6.85. The summed E-state index contributed by atoms with van der Waals surface area (Å²) in [6, 6.07) is 0. The molecule has 0 aromatic rings. The lowest BCUT2D eigenvalue weighted by atomic mass is 10.1. The SMILES string of the molecule is CC1CCC([Si])C(=O)O1.